The molecule has 0 spiro atoms. The second kappa shape index (κ2) is 7.32. The van der Waals surface area contributed by atoms with E-state index in [-0.39, 0.29) is 5.91 Å². The molecule has 0 saturated carbocycles. The van der Waals surface area contributed by atoms with Gasteiger partial charge in [-0.2, -0.15) is 9.36 Å². The Labute approximate surface area is 166 Å². The molecule has 0 fully saturated rings. The summed E-state index contributed by atoms with van der Waals surface area (Å²) in [4.78, 5) is 16.7. The average molecular weight is 390 g/mol. The number of aromatic nitrogens is 5. The van der Waals surface area contributed by atoms with E-state index in [1.807, 2.05) is 39.0 Å². The molecule has 0 aliphatic carbocycles. The van der Waals surface area contributed by atoms with Crippen molar-refractivity contribution in [3.05, 3.63) is 70.9 Å². The van der Waals surface area contributed by atoms with Crippen LogP contribution in [-0.2, 0) is 0 Å². The van der Waals surface area contributed by atoms with Crippen molar-refractivity contribution in [1.82, 2.24) is 24.4 Å². The van der Waals surface area contributed by atoms with Gasteiger partial charge in [-0.05, 0) is 56.2 Å². The first-order chi connectivity index (χ1) is 13.5. The lowest BCUT2D eigenvalue weighted by Crippen LogP contribution is -2.11. The molecule has 0 unspecified atom stereocenters. The number of benzene rings is 2. The SMILES string of the molecule is Cc1cc(C)cc(-n2nnc(-c3nsc(NC(=O)c4ccccc4)n3)c2C)c1. The van der Waals surface area contributed by atoms with Crippen LogP contribution in [0.3, 0.4) is 0 Å². The highest BCUT2D eigenvalue weighted by Gasteiger charge is 2.18. The third-order valence-corrected chi connectivity index (χ3v) is 4.87. The summed E-state index contributed by atoms with van der Waals surface area (Å²) in [5.74, 6) is 0.223. The molecule has 2 heterocycles. The molecule has 0 aliphatic rings. The number of carbonyl (C=O) groups excluding carboxylic acids is 1. The summed E-state index contributed by atoms with van der Waals surface area (Å²) in [5.41, 5.74) is 5.26. The Hall–Kier alpha value is -3.39. The Balaban J connectivity index is 1.59. The standard InChI is InChI=1S/C20H18N6OS/c1-12-9-13(2)11-16(10-12)26-14(3)17(23-25-26)18-21-20(28-24-18)22-19(27)15-7-5-4-6-8-15/h4-11H,1-3H3,(H,21,22,24,27). The lowest BCUT2D eigenvalue weighted by atomic mass is 10.1. The van der Waals surface area contributed by atoms with Crippen molar-refractivity contribution >= 4 is 22.6 Å². The monoisotopic (exact) mass is 390 g/mol. The van der Waals surface area contributed by atoms with Crippen LogP contribution in [0.5, 0.6) is 0 Å². The van der Waals surface area contributed by atoms with Gasteiger partial charge >= 0.3 is 0 Å². The average Bonchev–Trinajstić information content (AvgIpc) is 3.28. The highest BCUT2D eigenvalue weighted by Crippen LogP contribution is 2.24. The Morgan fingerprint density at radius 3 is 2.46 bits per heavy atom. The number of carbonyl (C=O) groups is 1. The fraction of sp³-hybridized carbons (Fsp3) is 0.150. The van der Waals surface area contributed by atoms with Crippen molar-refractivity contribution in [3.8, 4) is 17.2 Å². The summed E-state index contributed by atoms with van der Waals surface area (Å²) < 4.78 is 6.11. The summed E-state index contributed by atoms with van der Waals surface area (Å²) in [6.07, 6.45) is 0. The molecule has 8 heteroatoms. The molecule has 140 valence electrons. The molecule has 7 nitrogen and oxygen atoms in total. The molecular formula is C20H18N6OS. The van der Waals surface area contributed by atoms with Gasteiger partial charge in [0.2, 0.25) is 5.13 Å². The van der Waals surface area contributed by atoms with Gasteiger partial charge in [0.15, 0.2) is 11.5 Å². The van der Waals surface area contributed by atoms with E-state index in [2.05, 4.69) is 43.2 Å². The summed E-state index contributed by atoms with van der Waals surface area (Å²) >= 11 is 1.12. The highest BCUT2D eigenvalue weighted by atomic mass is 32.1. The number of hydrogen-bond acceptors (Lipinski definition) is 6. The van der Waals surface area contributed by atoms with Crippen molar-refractivity contribution < 1.29 is 4.79 Å². The maximum Gasteiger partial charge on any atom is 0.257 e. The van der Waals surface area contributed by atoms with Crippen LogP contribution >= 0.6 is 11.5 Å². The second-order valence-electron chi connectivity index (χ2n) is 6.52. The maximum absolute atomic E-state index is 12.3. The van der Waals surface area contributed by atoms with Gasteiger partial charge in [-0.3, -0.25) is 10.1 Å². The van der Waals surface area contributed by atoms with Gasteiger partial charge in [-0.1, -0.05) is 29.5 Å². The van der Waals surface area contributed by atoms with E-state index >= 15 is 0 Å². The topological polar surface area (TPSA) is 85.6 Å². The zero-order valence-electron chi connectivity index (χ0n) is 15.7. The lowest BCUT2D eigenvalue weighted by molar-refractivity contribution is 0.102. The second-order valence-corrected chi connectivity index (χ2v) is 7.28. The van der Waals surface area contributed by atoms with Crippen molar-refractivity contribution in [2.24, 2.45) is 0 Å². The first kappa shape index (κ1) is 18.0. The van der Waals surface area contributed by atoms with Crippen LogP contribution in [0.1, 0.15) is 27.2 Å². The zero-order valence-corrected chi connectivity index (χ0v) is 16.5. The summed E-state index contributed by atoms with van der Waals surface area (Å²) in [5, 5.41) is 11.7. The van der Waals surface area contributed by atoms with Crippen LogP contribution in [0.25, 0.3) is 17.2 Å². The lowest BCUT2D eigenvalue weighted by Gasteiger charge is -2.06. The van der Waals surface area contributed by atoms with Crippen molar-refractivity contribution in [3.63, 3.8) is 0 Å². The maximum atomic E-state index is 12.3. The molecule has 2 aromatic carbocycles. The molecule has 0 radical (unpaired) electrons. The van der Waals surface area contributed by atoms with Gasteiger partial charge in [-0.15, -0.1) is 5.10 Å². The van der Waals surface area contributed by atoms with Gasteiger partial charge in [0.1, 0.15) is 0 Å². The number of rotatable bonds is 4. The third kappa shape index (κ3) is 3.54. The third-order valence-electron chi connectivity index (χ3n) is 4.24. The molecule has 0 saturated heterocycles. The Kier molecular flexibility index (Phi) is 4.70. The van der Waals surface area contributed by atoms with Gasteiger partial charge in [0.25, 0.3) is 5.91 Å². The molecular weight excluding hydrogens is 372 g/mol. The minimum atomic E-state index is -0.223. The number of hydrogen-bond donors (Lipinski definition) is 1. The van der Waals surface area contributed by atoms with Gasteiger partial charge in [0, 0.05) is 17.1 Å². The van der Waals surface area contributed by atoms with E-state index in [1.165, 1.54) is 0 Å². The first-order valence-corrected chi connectivity index (χ1v) is 9.50. The molecule has 1 amide bonds. The number of aryl methyl sites for hydroxylation is 2. The van der Waals surface area contributed by atoms with Gasteiger partial charge < -0.3 is 0 Å². The summed E-state index contributed by atoms with van der Waals surface area (Å²) in [7, 11) is 0. The Morgan fingerprint density at radius 2 is 1.75 bits per heavy atom. The van der Waals surface area contributed by atoms with E-state index in [0.717, 1.165) is 34.0 Å². The van der Waals surface area contributed by atoms with Crippen LogP contribution in [0, 0.1) is 20.8 Å². The number of anilines is 1. The zero-order chi connectivity index (χ0) is 19.7. The smallest absolute Gasteiger partial charge is 0.257 e. The van der Waals surface area contributed by atoms with E-state index in [1.54, 1.807) is 16.8 Å². The van der Waals surface area contributed by atoms with Crippen LogP contribution in [0.4, 0.5) is 5.13 Å². The molecule has 0 bridgehead atoms. The minimum absolute atomic E-state index is 0.223. The minimum Gasteiger partial charge on any atom is -0.297 e. The van der Waals surface area contributed by atoms with Crippen LogP contribution in [-0.4, -0.2) is 30.3 Å². The van der Waals surface area contributed by atoms with Crippen molar-refractivity contribution in [2.45, 2.75) is 20.8 Å². The Bertz CT molecular complexity index is 1130. The quantitative estimate of drug-likeness (QED) is 0.570. The van der Waals surface area contributed by atoms with E-state index in [0.29, 0.717) is 22.2 Å². The molecule has 2 aromatic heterocycles. The normalized spacial score (nSPS) is 10.8. The van der Waals surface area contributed by atoms with Crippen molar-refractivity contribution in [2.75, 3.05) is 5.32 Å². The van der Waals surface area contributed by atoms with Crippen LogP contribution < -0.4 is 5.32 Å². The van der Waals surface area contributed by atoms with Crippen LogP contribution in [0.15, 0.2) is 48.5 Å². The molecule has 4 aromatic rings. The molecule has 1 N–H and O–H groups in total. The highest BCUT2D eigenvalue weighted by molar-refractivity contribution is 7.10. The fourth-order valence-corrected chi connectivity index (χ4v) is 3.55. The fourth-order valence-electron chi connectivity index (χ4n) is 2.98. The predicted molar refractivity (Wildman–Crippen MR) is 109 cm³/mol. The predicted octanol–water partition coefficient (Wildman–Crippen LogP) is 3.96. The largest absolute Gasteiger partial charge is 0.297 e. The Morgan fingerprint density at radius 1 is 1.04 bits per heavy atom. The molecule has 0 atom stereocenters. The van der Waals surface area contributed by atoms with E-state index in [4.69, 9.17) is 0 Å². The van der Waals surface area contributed by atoms with E-state index in [9.17, 15) is 4.79 Å². The number of nitrogens with zero attached hydrogens (tertiary/aromatic N) is 5. The van der Waals surface area contributed by atoms with Crippen molar-refractivity contribution in [1.29, 1.82) is 0 Å². The molecule has 4 rings (SSSR count). The first-order valence-electron chi connectivity index (χ1n) is 8.73. The summed E-state index contributed by atoms with van der Waals surface area (Å²) in [6.45, 7) is 6.02. The number of amides is 1. The van der Waals surface area contributed by atoms with E-state index < -0.39 is 0 Å². The van der Waals surface area contributed by atoms with Gasteiger partial charge in [0.05, 0.1) is 11.4 Å². The summed E-state index contributed by atoms with van der Waals surface area (Å²) in [6, 6.07) is 15.2. The number of nitrogens with one attached hydrogen (secondary N) is 1. The van der Waals surface area contributed by atoms with Gasteiger partial charge in [-0.25, -0.2) is 4.68 Å². The molecule has 28 heavy (non-hydrogen) atoms. The molecule has 0 aliphatic heterocycles. The van der Waals surface area contributed by atoms with Crippen LogP contribution in [0.2, 0.25) is 0 Å².